The van der Waals surface area contributed by atoms with Crippen LogP contribution in [0.5, 0.6) is 11.5 Å². The van der Waals surface area contributed by atoms with E-state index in [4.69, 9.17) is 18.9 Å². The number of rotatable bonds is 14. The summed E-state index contributed by atoms with van der Waals surface area (Å²) in [5, 5.41) is 0. The summed E-state index contributed by atoms with van der Waals surface area (Å²) in [7, 11) is 0. The molecule has 0 spiro atoms. The average molecular weight is 507 g/mol. The Balaban J connectivity index is 1.51. The zero-order chi connectivity index (χ0) is 27.0. The molecular formula is C31H38O6. The fourth-order valence-corrected chi connectivity index (χ4v) is 4.24. The Bertz CT molecular complexity index is 1070. The molecule has 0 heterocycles. The van der Waals surface area contributed by atoms with Gasteiger partial charge in [0.15, 0.2) is 0 Å². The number of carbonyl (C=O) groups excluding carboxylic acids is 2. The Kier molecular flexibility index (Phi) is 9.56. The molecule has 198 valence electrons. The second-order valence-corrected chi connectivity index (χ2v) is 9.98. The molecule has 0 aliphatic heterocycles. The molecule has 2 aromatic rings. The number of hydrogen-bond acceptors (Lipinski definition) is 6. The zero-order valence-electron chi connectivity index (χ0n) is 22.5. The van der Waals surface area contributed by atoms with Crippen molar-refractivity contribution in [2.24, 2.45) is 0 Å². The second-order valence-electron chi connectivity index (χ2n) is 9.98. The molecule has 3 rings (SSSR count). The van der Waals surface area contributed by atoms with Crippen LogP contribution in [0.3, 0.4) is 0 Å². The van der Waals surface area contributed by atoms with Gasteiger partial charge in [0.2, 0.25) is 0 Å². The lowest BCUT2D eigenvalue weighted by Gasteiger charge is -2.22. The minimum Gasteiger partial charge on any atom is -0.494 e. The maximum atomic E-state index is 11.4. The molecule has 0 fully saturated rings. The summed E-state index contributed by atoms with van der Waals surface area (Å²) in [5.74, 6) is 0.970. The van der Waals surface area contributed by atoms with E-state index in [9.17, 15) is 9.59 Å². The van der Waals surface area contributed by atoms with Gasteiger partial charge in [0, 0.05) is 16.6 Å². The van der Waals surface area contributed by atoms with Gasteiger partial charge in [-0.15, -0.1) is 0 Å². The first-order chi connectivity index (χ1) is 17.6. The quantitative estimate of drug-likeness (QED) is 0.164. The van der Waals surface area contributed by atoms with E-state index in [-0.39, 0.29) is 17.4 Å². The summed E-state index contributed by atoms with van der Waals surface area (Å²) in [6, 6.07) is 12.5. The Morgan fingerprint density at radius 2 is 1.05 bits per heavy atom. The molecule has 0 unspecified atom stereocenters. The average Bonchev–Trinajstić information content (AvgIpc) is 3.08. The number of ether oxygens (including phenoxy) is 4. The molecule has 0 saturated heterocycles. The number of carbonyl (C=O) groups is 2. The van der Waals surface area contributed by atoms with Crippen molar-refractivity contribution in [3.05, 3.63) is 71.8 Å². The maximum absolute atomic E-state index is 11.4. The summed E-state index contributed by atoms with van der Waals surface area (Å²) in [6.07, 6.45) is 3.06. The Morgan fingerprint density at radius 1 is 0.676 bits per heavy atom. The number of hydrogen-bond donors (Lipinski definition) is 0. The number of fused-ring (bicyclic) bond motifs is 3. The van der Waals surface area contributed by atoms with E-state index >= 15 is 0 Å². The molecule has 6 heteroatoms. The molecule has 6 nitrogen and oxygen atoms in total. The highest BCUT2D eigenvalue weighted by atomic mass is 16.5. The van der Waals surface area contributed by atoms with Gasteiger partial charge < -0.3 is 18.9 Å². The molecule has 0 amide bonds. The van der Waals surface area contributed by atoms with E-state index in [2.05, 4.69) is 51.3 Å². The minimum absolute atomic E-state index is 0.184. The lowest BCUT2D eigenvalue weighted by Crippen LogP contribution is -2.15. The van der Waals surface area contributed by atoms with E-state index in [1.165, 1.54) is 22.3 Å². The van der Waals surface area contributed by atoms with Crippen LogP contribution < -0.4 is 9.47 Å². The highest BCUT2D eigenvalue weighted by Crippen LogP contribution is 2.50. The fraction of sp³-hybridized carbons (Fsp3) is 0.419. The van der Waals surface area contributed by atoms with Crippen LogP contribution >= 0.6 is 0 Å². The van der Waals surface area contributed by atoms with Crippen LogP contribution in [0.2, 0.25) is 0 Å². The topological polar surface area (TPSA) is 71.1 Å². The molecule has 0 radical (unpaired) electrons. The minimum atomic E-state index is -0.350. The first kappa shape index (κ1) is 28.0. The highest BCUT2D eigenvalue weighted by molar-refractivity contribution is 5.87. The van der Waals surface area contributed by atoms with Crippen molar-refractivity contribution >= 4 is 11.9 Å². The van der Waals surface area contributed by atoms with Gasteiger partial charge in [-0.1, -0.05) is 39.1 Å². The number of esters is 2. The van der Waals surface area contributed by atoms with Crippen LogP contribution in [0.1, 0.15) is 64.5 Å². The normalized spacial score (nSPS) is 12.8. The van der Waals surface area contributed by atoms with Gasteiger partial charge in [0.25, 0.3) is 0 Å². The van der Waals surface area contributed by atoms with Crippen molar-refractivity contribution in [1.29, 1.82) is 0 Å². The highest BCUT2D eigenvalue weighted by Gasteiger charge is 2.36. The third-order valence-electron chi connectivity index (χ3n) is 6.40. The smallest absolute Gasteiger partial charge is 0.333 e. The van der Waals surface area contributed by atoms with Gasteiger partial charge >= 0.3 is 11.9 Å². The lowest BCUT2D eigenvalue weighted by molar-refractivity contribution is -0.139. The van der Waals surface area contributed by atoms with Gasteiger partial charge in [0.05, 0.1) is 26.4 Å². The number of benzene rings is 2. The molecule has 0 atom stereocenters. The molecular weight excluding hydrogens is 468 g/mol. The second kappa shape index (κ2) is 12.6. The molecule has 0 bridgehead atoms. The monoisotopic (exact) mass is 506 g/mol. The summed E-state index contributed by atoms with van der Waals surface area (Å²) < 4.78 is 22.2. The fourth-order valence-electron chi connectivity index (χ4n) is 4.24. The molecule has 0 aromatic heterocycles. The summed E-state index contributed by atoms with van der Waals surface area (Å²) in [6.45, 7) is 16.7. The van der Waals surface area contributed by atoms with Gasteiger partial charge in [-0.25, -0.2) is 9.59 Å². The zero-order valence-corrected chi connectivity index (χ0v) is 22.5. The predicted molar refractivity (Wildman–Crippen MR) is 145 cm³/mol. The largest absolute Gasteiger partial charge is 0.494 e. The SMILES string of the molecule is C=C(C)C(=O)OCCCCOc1ccc2c(c1)C(C)(C)c1cc(OCCCCOC(=O)C(=C)C)ccc1-2. The molecule has 0 saturated carbocycles. The molecule has 1 aliphatic carbocycles. The van der Waals surface area contributed by atoms with Gasteiger partial charge in [-0.05, 0) is 86.1 Å². The van der Waals surface area contributed by atoms with E-state index in [1.54, 1.807) is 13.8 Å². The first-order valence-electron chi connectivity index (χ1n) is 12.8. The Morgan fingerprint density at radius 3 is 1.43 bits per heavy atom. The Hall–Kier alpha value is -3.54. The predicted octanol–water partition coefficient (Wildman–Crippen LogP) is 6.55. The van der Waals surface area contributed by atoms with E-state index in [0.717, 1.165) is 37.2 Å². The van der Waals surface area contributed by atoms with E-state index in [1.807, 2.05) is 12.1 Å². The standard InChI is InChI=1S/C31H38O6/c1-21(2)29(32)36-17-9-7-15-34-23-11-13-25-26-14-12-24(20-28(26)31(5,6)27(25)19-23)35-16-8-10-18-37-30(33)22(3)4/h11-14,19-20H,1,3,7-10,15-18H2,2,4-6H3. The van der Waals surface area contributed by atoms with Crippen molar-refractivity contribution < 1.29 is 28.5 Å². The van der Waals surface area contributed by atoms with Crippen LogP contribution in [0, 0.1) is 0 Å². The van der Waals surface area contributed by atoms with Crippen LogP contribution in [0.15, 0.2) is 60.7 Å². The van der Waals surface area contributed by atoms with E-state index in [0.29, 0.717) is 37.6 Å². The summed E-state index contributed by atoms with van der Waals surface area (Å²) in [5.41, 5.74) is 5.52. The molecule has 2 aromatic carbocycles. The third-order valence-corrected chi connectivity index (χ3v) is 6.40. The van der Waals surface area contributed by atoms with Crippen molar-refractivity contribution in [3.63, 3.8) is 0 Å². The van der Waals surface area contributed by atoms with Crippen molar-refractivity contribution in [2.45, 2.75) is 58.8 Å². The van der Waals surface area contributed by atoms with Crippen molar-refractivity contribution in [1.82, 2.24) is 0 Å². The molecule has 0 N–H and O–H groups in total. The molecule has 1 aliphatic rings. The van der Waals surface area contributed by atoms with Gasteiger partial charge in [-0.2, -0.15) is 0 Å². The van der Waals surface area contributed by atoms with E-state index < -0.39 is 0 Å². The van der Waals surface area contributed by atoms with Crippen molar-refractivity contribution in [2.75, 3.05) is 26.4 Å². The first-order valence-corrected chi connectivity index (χ1v) is 12.8. The third kappa shape index (κ3) is 7.25. The Labute approximate surface area is 220 Å². The van der Waals surface area contributed by atoms with Crippen LogP contribution in [0.4, 0.5) is 0 Å². The van der Waals surface area contributed by atoms with Gasteiger partial charge in [-0.3, -0.25) is 0 Å². The molecule has 37 heavy (non-hydrogen) atoms. The maximum Gasteiger partial charge on any atom is 0.333 e. The number of unbranched alkanes of at least 4 members (excludes halogenated alkanes) is 2. The summed E-state index contributed by atoms with van der Waals surface area (Å²) >= 11 is 0. The van der Waals surface area contributed by atoms with Crippen molar-refractivity contribution in [3.8, 4) is 22.6 Å². The van der Waals surface area contributed by atoms with Gasteiger partial charge in [0.1, 0.15) is 11.5 Å². The summed E-state index contributed by atoms with van der Waals surface area (Å²) in [4.78, 5) is 22.9. The lowest BCUT2D eigenvalue weighted by atomic mass is 9.82. The van der Waals surface area contributed by atoms with Crippen LogP contribution in [0.25, 0.3) is 11.1 Å². The van der Waals surface area contributed by atoms with Crippen LogP contribution in [-0.4, -0.2) is 38.4 Å². The van der Waals surface area contributed by atoms with Crippen LogP contribution in [-0.2, 0) is 24.5 Å².